The third-order valence-electron chi connectivity index (χ3n) is 5.54. The van der Waals surface area contributed by atoms with Crippen LogP contribution in [0, 0.1) is 5.92 Å². The lowest BCUT2D eigenvalue weighted by Gasteiger charge is -2.41. The minimum absolute atomic E-state index is 0.0144. The average Bonchev–Trinajstić information content (AvgIpc) is 3.50. The van der Waals surface area contributed by atoms with Gasteiger partial charge in [0.15, 0.2) is 11.3 Å². The molecule has 0 saturated heterocycles. The maximum Gasteiger partial charge on any atom is 0.418 e. The quantitative estimate of drug-likeness (QED) is 0.832. The number of hydrogen-bond donors (Lipinski definition) is 2. The fraction of sp³-hybridized carbons (Fsp3) is 0.333. The van der Waals surface area contributed by atoms with Gasteiger partial charge >= 0.3 is 12.1 Å². The van der Waals surface area contributed by atoms with Crippen molar-refractivity contribution in [3.05, 3.63) is 59.2 Å². The molecule has 2 aliphatic rings. The van der Waals surface area contributed by atoms with Crippen molar-refractivity contribution in [2.75, 3.05) is 6.54 Å². The summed E-state index contributed by atoms with van der Waals surface area (Å²) in [6, 6.07) is 10.6. The summed E-state index contributed by atoms with van der Waals surface area (Å²) >= 11 is 0. The van der Waals surface area contributed by atoms with Crippen LogP contribution in [0.1, 0.15) is 34.3 Å². The first-order chi connectivity index (χ1) is 13.3. The number of ketones is 1. The van der Waals surface area contributed by atoms with E-state index in [0.717, 1.165) is 0 Å². The first-order valence-corrected chi connectivity index (χ1v) is 9.08. The molecule has 0 aromatic heterocycles. The van der Waals surface area contributed by atoms with Gasteiger partial charge in [-0.25, -0.2) is 4.79 Å². The third kappa shape index (κ3) is 2.73. The molecule has 1 aliphatic carbocycles. The topological polar surface area (TPSA) is 66.4 Å². The summed E-state index contributed by atoms with van der Waals surface area (Å²) in [6.45, 7) is -0.0166. The molecule has 1 atom stereocenters. The van der Waals surface area contributed by atoms with Gasteiger partial charge in [-0.05, 0) is 47.6 Å². The van der Waals surface area contributed by atoms with E-state index >= 15 is 0 Å². The number of aromatic carboxylic acids is 1. The third-order valence-corrected chi connectivity index (χ3v) is 5.54. The van der Waals surface area contributed by atoms with Gasteiger partial charge in [-0.15, -0.1) is 0 Å². The lowest BCUT2D eigenvalue weighted by Crippen LogP contribution is -2.62. The molecular weight excluding hydrogens is 371 g/mol. The molecule has 1 saturated carbocycles. The van der Waals surface area contributed by atoms with Gasteiger partial charge in [0, 0.05) is 12.5 Å². The van der Waals surface area contributed by atoms with Crippen LogP contribution in [0.15, 0.2) is 42.5 Å². The van der Waals surface area contributed by atoms with Gasteiger partial charge in [0.25, 0.3) is 0 Å². The highest BCUT2D eigenvalue weighted by atomic mass is 19.4. The smallest absolute Gasteiger partial charge is 0.418 e. The van der Waals surface area contributed by atoms with Crippen LogP contribution < -0.4 is 5.32 Å². The Labute approximate surface area is 159 Å². The number of carboxylic acids is 1. The number of nitrogens with one attached hydrogen (secondary N) is 1. The largest absolute Gasteiger partial charge is 0.478 e. The predicted molar refractivity (Wildman–Crippen MR) is 96.0 cm³/mol. The molecular formula is C21H18F3NO3. The zero-order valence-corrected chi connectivity index (χ0v) is 14.8. The summed E-state index contributed by atoms with van der Waals surface area (Å²) in [5.41, 5.74) is -1.68. The second-order valence-corrected chi connectivity index (χ2v) is 7.25. The Morgan fingerprint density at radius 1 is 1.04 bits per heavy atom. The number of carbonyl (C=O) groups is 2. The summed E-state index contributed by atoms with van der Waals surface area (Å²) in [5.74, 6) is -2.59. The Balaban J connectivity index is 1.97. The molecule has 7 heteroatoms. The Morgan fingerprint density at radius 3 is 2.36 bits per heavy atom. The van der Waals surface area contributed by atoms with E-state index in [4.69, 9.17) is 0 Å². The summed E-state index contributed by atoms with van der Waals surface area (Å²) < 4.78 is 42.8. The minimum Gasteiger partial charge on any atom is -0.478 e. The van der Waals surface area contributed by atoms with Gasteiger partial charge in [0.1, 0.15) is 0 Å². The number of fused-ring (bicyclic) bond motifs is 1. The maximum absolute atomic E-state index is 14.3. The SMILES string of the molecule is O=C(O)c1ccccc1-c1cccc2c1CCNC2(C(=O)C1CC1)C(F)(F)F. The molecule has 0 radical (unpaired) electrons. The van der Waals surface area contributed by atoms with E-state index in [9.17, 15) is 27.9 Å². The number of benzene rings is 2. The predicted octanol–water partition coefficient (Wildman–Crippen LogP) is 3.93. The first-order valence-electron chi connectivity index (χ1n) is 9.08. The summed E-state index contributed by atoms with van der Waals surface area (Å²) in [4.78, 5) is 24.4. The summed E-state index contributed by atoms with van der Waals surface area (Å²) in [6.07, 6.45) is -3.59. The second kappa shape index (κ2) is 6.44. The fourth-order valence-electron chi connectivity index (χ4n) is 4.10. The maximum atomic E-state index is 14.3. The average molecular weight is 389 g/mol. The first kappa shape index (κ1) is 18.7. The van der Waals surface area contributed by atoms with E-state index in [2.05, 4.69) is 5.32 Å². The van der Waals surface area contributed by atoms with Crippen LogP contribution in [0.25, 0.3) is 11.1 Å². The van der Waals surface area contributed by atoms with E-state index in [1.165, 1.54) is 18.2 Å². The second-order valence-electron chi connectivity index (χ2n) is 7.25. The highest BCUT2D eigenvalue weighted by Crippen LogP contribution is 2.49. The van der Waals surface area contributed by atoms with Crippen molar-refractivity contribution in [2.24, 2.45) is 5.92 Å². The molecule has 4 rings (SSSR count). The lowest BCUT2D eigenvalue weighted by atomic mass is 9.75. The number of Topliss-reactive ketones (excluding diaryl/α,β-unsaturated/α-hetero) is 1. The van der Waals surface area contributed by atoms with Crippen molar-refractivity contribution < 1.29 is 27.9 Å². The monoisotopic (exact) mass is 389 g/mol. The molecule has 4 nitrogen and oxygen atoms in total. The van der Waals surface area contributed by atoms with Crippen molar-refractivity contribution in [3.8, 4) is 11.1 Å². The molecule has 2 aromatic rings. The van der Waals surface area contributed by atoms with Crippen LogP contribution in [0.4, 0.5) is 13.2 Å². The number of halogens is 3. The zero-order valence-electron chi connectivity index (χ0n) is 14.8. The molecule has 28 heavy (non-hydrogen) atoms. The van der Waals surface area contributed by atoms with Gasteiger partial charge in [-0.2, -0.15) is 13.2 Å². The number of alkyl halides is 3. The Kier molecular flexibility index (Phi) is 4.30. The highest BCUT2D eigenvalue weighted by molar-refractivity contribution is 5.98. The molecule has 0 bridgehead atoms. The van der Waals surface area contributed by atoms with E-state index < -0.39 is 29.4 Å². The molecule has 1 unspecified atom stereocenters. The van der Waals surface area contributed by atoms with Crippen molar-refractivity contribution >= 4 is 11.8 Å². The number of rotatable bonds is 4. The van der Waals surface area contributed by atoms with E-state index in [-0.39, 0.29) is 24.1 Å². The van der Waals surface area contributed by atoms with Crippen molar-refractivity contribution in [1.82, 2.24) is 5.32 Å². The molecule has 1 heterocycles. The molecule has 0 spiro atoms. The van der Waals surface area contributed by atoms with Crippen LogP contribution >= 0.6 is 0 Å². The van der Waals surface area contributed by atoms with Gasteiger partial charge < -0.3 is 5.11 Å². The zero-order chi connectivity index (χ0) is 20.1. The van der Waals surface area contributed by atoms with Gasteiger partial charge in [0.05, 0.1) is 5.56 Å². The normalized spacial score (nSPS) is 21.8. The number of carboxylic acid groups (broad SMARTS) is 1. The van der Waals surface area contributed by atoms with Crippen LogP contribution in [-0.4, -0.2) is 29.6 Å². The molecule has 0 amide bonds. The van der Waals surface area contributed by atoms with Crippen molar-refractivity contribution in [3.63, 3.8) is 0 Å². The van der Waals surface area contributed by atoms with Gasteiger partial charge in [0.2, 0.25) is 0 Å². The minimum atomic E-state index is -4.80. The Bertz CT molecular complexity index is 966. The van der Waals surface area contributed by atoms with Gasteiger partial charge in [-0.3, -0.25) is 10.1 Å². The fourth-order valence-corrected chi connectivity index (χ4v) is 4.10. The van der Waals surface area contributed by atoms with E-state index in [1.807, 2.05) is 0 Å². The lowest BCUT2D eigenvalue weighted by molar-refractivity contribution is -0.204. The standard InChI is InChI=1S/C21H18F3NO3/c22-21(23,24)20(18(26)12-8-9-12)17-7-3-6-13(15(17)10-11-25-20)14-4-1-2-5-16(14)19(27)28/h1-7,12,25H,8-11H2,(H,27,28). The summed E-state index contributed by atoms with van der Waals surface area (Å²) in [5, 5.41) is 12.0. The van der Waals surface area contributed by atoms with Crippen LogP contribution in [0.2, 0.25) is 0 Å². The number of carbonyl (C=O) groups excluding carboxylic acids is 1. The molecule has 1 fully saturated rings. The highest BCUT2D eigenvalue weighted by Gasteiger charge is 2.65. The molecule has 1 aliphatic heterocycles. The van der Waals surface area contributed by atoms with Crippen LogP contribution in [-0.2, 0) is 16.8 Å². The Morgan fingerprint density at radius 2 is 1.71 bits per heavy atom. The summed E-state index contributed by atoms with van der Waals surface area (Å²) in [7, 11) is 0. The molecule has 146 valence electrons. The van der Waals surface area contributed by atoms with Crippen LogP contribution in [0.5, 0.6) is 0 Å². The van der Waals surface area contributed by atoms with Crippen LogP contribution in [0.3, 0.4) is 0 Å². The van der Waals surface area contributed by atoms with E-state index in [0.29, 0.717) is 29.5 Å². The Hall–Kier alpha value is -2.67. The van der Waals surface area contributed by atoms with Gasteiger partial charge in [-0.1, -0.05) is 36.4 Å². The van der Waals surface area contributed by atoms with Crippen molar-refractivity contribution in [2.45, 2.75) is 31.0 Å². The molecule has 2 N–H and O–H groups in total. The van der Waals surface area contributed by atoms with Crippen molar-refractivity contribution in [1.29, 1.82) is 0 Å². The number of hydrogen-bond acceptors (Lipinski definition) is 3. The van der Waals surface area contributed by atoms with E-state index in [1.54, 1.807) is 24.3 Å². The molecule has 2 aromatic carbocycles.